The smallest absolute Gasteiger partial charge is 0.269 e. The molecule has 8 nitrogen and oxygen atoms in total. The largest absolute Gasteiger partial charge is 0.376 e. The van der Waals surface area contributed by atoms with E-state index in [0.717, 1.165) is 31.1 Å². The number of rotatable bonds is 5. The quantitative estimate of drug-likeness (QED) is 0.854. The van der Waals surface area contributed by atoms with Gasteiger partial charge in [0.2, 0.25) is 0 Å². The number of likely N-dealkylation sites (tertiary alicyclic amines) is 1. The number of nitrogens with one attached hydrogen (secondary N) is 1. The number of carbonyl (C=O) groups is 1. The van der Waals surface area contributed by atoms with Crippen LogP contribution < -0.4 is 5.32 Å². The van der Waals surface area contributed by atoms with Crippen LogP contribution in [-0.2, 0) is 18.3 Å². The maximum atomic E-state index is 12.2. The first-order valence-electron chi connectivity index (χ1n) is 8.62. The Hall–Kier alpha value is -2.19. The van der Waals surface area contributed by atoms with Crippen molar-refractivity contribution in [3.63, 3.8) is 0 Å². The minimum Gasteiger partial charge on any atom is -0.376 e. The average molecular weight is 345 g/mol. The number of nitrogens with zero attached hydrogens (tertiary/aromatic N) is 4. The lowest BCUT2D eigenvalue weighted by atomic mass is 9.93. The Labute approximate surface area is 146 Å². The van der Waals surface area contributed by atoms with E-state index in [2.05, 4.69) is 20.5 Å². The van der Waals surface area contributed by atoms with E-state index >= 15 is 0 Å². The molecule has 2 aromatic rings. The van der Waals surface area contributed by atoms with E-state index in [1.807, 2.05) is 13.0 Å². The van der Waals surface area contributed by atoms with E-state index in [1.54, 1.807) is 24.0 Å². The molecule has 0 saturated carbocycles. The molecule has 1 amide bonds. The van der Waals surface area contributed by atoms with Crippen molar-refractivity contribution in [1.29, 1.82) is 0 Å². The molecule has 4 heterocycles. The van der Waals surface area contributed by atoms with Gasteiger partial charge in [0.25, 0.3) is 5.91 Å². The highest BCUT2D eigenvalue weighted by Gasteiger charge is 2.43. The van der Waals surface area contributed by atoms with Gasteiger partial charge in [-0.05, 0) is 13.0 Å². The van der Waals surface area contributed by atoms with Crippen LogP contribution in [-0.4, -0.2) is 58.1 Å². The predicted molar refractivity (Wildman–Crippen MR) is 88.8 cm³/mol. The van der Waals surface area contributed by atoms with Gasteiger partial charge >= 0.3 is 0 Å². The first kappa shape index (κ1) is 16.3. The average Bonchev–Trinajstić information content (AvgIpc) is 3.32. The molecule has 0 radical (unpaired) electrons. The van der Waals surface area contributed by atoms with Crippen molar-refractivity contribution in [3.8, 4) is 0 Å². The van der Waals surface area contributed by atoms with Crippen LogP contribution in [0, 0.1) is 18.8 Å². The zero-order chi connectivity index (χ0) is 17.4. The second-order valence-corrected chi connectivity index (χ2v) is 6.97. The molecule has 25 heavy (non-hydrogen) atoms. The summed E-state index contributed by atoms with van der Waals surface area (Å²) in [5.74, 6) is 1.53. The Morgan fingerprint density at radius 2 is 2.32 bits per heavy atom. The second kappa shape index (κ2) is 6.61. The van der Waals surface area contributed by atoms with E-state index in [4.69, 9.17) is 9.26 Å². The van der Waals surface area contributed by atoms with Crippen LogP contribution in [0.4, 0.5) is 0 Å². The maximum absolute atomic E-state index is 12.2. The molecule has 8 heteroatoms. The Kier molecular flexibility index (Phi) is 4.30. The van der Waals surface area contributed by atoms with Gasteiger partial charge in [0, 0.05) is 57.3 Å². The number of ether oxygens (including phenoxy) is 1. The van der Waals surface area contributed by atoms with Gasteiger partial charge < -0.3 is 14.6 Å². The summed E-state index contributed by atoms with van der Waals surface area (Å²) in [5, 5.41) is 11.1. The third-order valence-corrected chi connectivity index (χ3v) is 5.16. The first-order chi connectivity index (χ1) is 12.1. The fraction of sp³-hybridized carbons (Fsp3) is 0.588. The molecule has 0 unspecified atom stereocenters. The van der Waals surface area contributed by atoms with Crippen molar-refractivity contribution >= 4 is 5.91 Å². The van der Waals surface area contributed by atoms with E-state index in [9.17, 15) is 4.79 Å². The van der Waals surface area contributed by atoms with Gasteiger partial charge in [0.05, 0.1) is 18.4 Å². The minimum absolute atomic E-state index is 0.0867. The third kappa shape index (κ3) is 3.32. The van der Waals surface area contributed by atoms with E-state index < -0.39 is 0 Å². The molecule has 0 spiro atoms. The molecular weight excluding hydrogens is 322 g/mol. The molecular formula is C17H23N5O3. The summed E-state index contributed by atoms with van der Waals surface area (Å²) in [6, 6.07) is 3.70. The lowest BCUT2D eigenvalue weighted by Gasteiger charge is -2.19. The summed E-state index contributed by atoms with van der Waals surface area (Å²) in [6.45, 7) is 5.88. The van der Waals surface area contributed by atoms with Crippen LogP contribution in [0.5, 0.6) is 0 Å². The monoisotopic (exact) mass is 345 g/mol. The molecule has 2 saturated heterocycles. The molecule has 1 N–H and O–H groups in total. The van der Waals surface area contributed by atoms with Crippen molar-refractivity contribution in [3.05, 3.63) is 35.5 Å². The topological polar surface area (TPSA) is 85.4 Å². The molecule has 2 aromatic heterocycles. The minimum atomic E-state index is -0.0867. The van der Waals surface area contributed by atoms with E-state index in [0.29, 0.717) is 30.7 Å². The molecule has 2 fully saturated rings. The number of fused-ring (bicyclic) bond motifs is 1. The SMILES string of the molecule is Cc1cc(CN2C[C@H]3[C@H](CNC(=O)c4ccnn4C)CO[C@H]3C2)no1. The van der Waals surface area contributed by atoms with Crippen LogP contribution in [0.1, 0.15) is 21.9 Å². The molecule has 0 bridgehead atoms. The number of aryl methyl sites for hydroxylation is 2. The summed E-state index contributed by atoms with van der Waals surface area (Å²) in [5.41, 5.74) is 1.53. The molecule has 2 aliphatic heterocycles. The van der Waals surface area contributed by atoms with Crippen LogP contribution in [0.15, 0.2) is 22.9 Å². The Bertz CT molecular complexity index is 755. The number of hydrogen-bond donors (Lipinski definition) is 1. The Morgan fingerprint density at radius 3 is 3.04 bits per heavy atom. The van der Waals surface area contributed by atoms with Gasteiger partial charge in [0.1, 0.15) is 11.5 Å². The van der Waals surface area contributed by atoms with Crippen LogP contribution in [0.3, 0.4) is 0 Å². The number of carbonyl (C=O) groups excluding carboxylic acids is 1. The van der Waals surface area contributed by atoms with E-state index in [-0.39, 0.29) is 12.0 Å². The first-order valence-corrected chi connectivity index (χ1v) is 8.62. The van der Waals surface area contributed by atoms with Crippen molar-refractivity contribution in [1.82, 2.24) is 25.2 Å². The van der Waals surface area contributed by atoms with Gasteiger partial charge in [0.15, 0.2) is 0 Å². The highest BCUT2D eigenvalue weighted by molar-refractivity contribution is 5.92. The van der Waals surface area contributed by atoms with Crippen molar-refractivity contribution in [2.24, 2.45) is 18.9 Å². The molecule has 0 aliphatic carbocycles. The lowest BCUT2D eigenvalue weighted by Crippen LogP contribution is -2.35. The van der Waals surface area contributed by atoms with Gasteiger partial charge in [-0.3, -0.25) is 14.4 Å². The van der Waals surface area contributed by atoms with Crippen molar-refractivity contribution in [2.45, 2.75) is 19.6 Å². The van der Waals surface area contributed by atoms with E-state index in [1.165, 1.54) is 0 Å². The normalized spacial score (nSPS) is 26.1. The Morgan fingerprint density at radius 1 is 1.44 bits per heavy atom. The Balaban J connectivity index is 1.31. The predicted octanol–water partition coefficient (Wildman–Crippen LogP) is 0.593. The zero-order valence-corrected chi connectivity index (χ0v) is 14.5. The van der Waals surface area contributed by atoms with Gasteiger partial charge in [-0.25, -0.2) is 0 Å². The molecule has 4 rings (SSSR count). The lowest BCUT2D eigenvalue weighted by molar-refractivity contribution is 0.0897. The summed E-state index contributed by atoms with van der Waals surface area (Å²) in [7, 11) is 1.77. The van der Waals surface area contributed by atoms with Gasteiger partial charge in [-0.1, -0.05) is 5.16 Å². The highest BCUT2D eigenvalue weighted by atomic mass is 16.5. The molecule has 0 aromatic carbocycles. The summed E-state index contributed by atoms with van der Waals surface area (Å²) >= 11 is 0. The van der Waals surface area contributed by atoms with Crippen molar-refractivity contribution < 1.29 is 14.1 Å². The summed E-state index contributed by atoms with van der Waals surface area (Å²) < 4.78 is 12.7. The second-order valence-electron chi connectivity index (χ2n) is 6.97. The molecule has 134 valence electrons. The van der Waals surface area contributed by atoms with Crippen LogP contribution in [0.2, 0.25) is 0 Å². The summed E-state index contributed by atoms with van der Waals surface area (Å²) in [4.78, 5) is 14.6. The summed E-state index contributed by atoms with van der Waals surface area (Å²) in [6.07, 6.45) is 1.87. The van der Waals surface area contributed by atoms with Crippen LogP contribution in [0.25, 0.3) is 0 Å². The van der Waals surface area contributed by atoms with Gasteiger partial charge in [-0.2, -0.15) is 5.10 Å². The molecule has 2 aliphatic rings. The van der Waals surface area contributed by atoms with Gasteiger partial charge in [-0.15, -0.1) is 0 Å². The number of amides is 1. The van der Waals surface area contributed by atoms with Crippen molar-refractivity contribution in [2.75, 3.05) is 26.2 Å². The van der Waals surface area contributed by atoms with Crippen LogP contribution >= 0.6 is 0 Å². The fourth-order valence-corrected chi connectivity index (χ4v) is 3.85. The number of aromatic nitrogens is 3. The standard InChI is InChI=1S/C17H23N5O3/c1-11-5-13(20-25-11)7-22-8-14-12(10-24-16(14)9-22)6-18-17(23)15-3-4-19-21(15)2/h3-5,12,14,16H,6-10H2,1-2H3,(H,18,23)/t12-,14+,16+/m1/s1. The third-order valence-electron chi connectivity index (χ3n) is 5.16. The maximum Gasteiger partial charge on any atom is 0.269 e. The molecule has 3 atom stereocenters. The highest BCUT2D eigenvalue weighted by Crippen LogP contribution is 2.34. The fourth-order valence-electron chi connectivity index (χ4n) is 3.85. The number of hydrogen-bond acceptors (Lipinski definition) is 6. The zero-order valence-electron chi connectivity index (χ0n) is 14.5.